The second-order valence-electron chi connectivity index (χ2n) is 4.93. The summed E-state index contributed by atoms with van der Waals surface area (Å²) in [4.78, 5) is 11.0. The molecule has 2 aromatic rings. The monoisotopic (exact) mass is 394 g/mol. The third-order valence-electron chi connectivity index (χ3n) is 3.28. The van der Waals surface area contributed by atoms with Gasteiger partial charge in [-0.15, -0.1) is 5.10 Å². The first-order valence-corrected chi connectivity index (χ1v) is 8.76. The smallest absolute Gasteiger partial charge is 0.282 e. The lowest BCUT2D eigenvalue weighted by molar-refractivity contribution is -0.139. The van der Waals surface area contributed by atoms with Crippen LogP contribution < -0.4 is 10.4 Å². The molecule has 0 saturated heterocycles. The summed E-state index contributed by atoms with van der Waals surface area (Å²) in [5, 5.41) is 3.21. The number of nitrogens with zero attached hydrogens (tertiary/aromatic N) is 3. The maximum Gasteiger partial charge on any atom is 0.417 e. The van der Waals surface area contributed by atoms with Crippen molar-refractivity contribution in [3.05, 3.63) is 46.1 Å². The van der Waals surface area contributed by atoms with E-state index in [1.54, 1.807) is 11.6 Å². The summed E-state index contributed by atoms with van der Waals surface area (Å²) < 4.78 is 67.2. The van der Waals surface area contributed by atoms with Crippen LogP contribution in [-0.4, -0.2) is 27.9 Å². The first kappa shape index (κ1) is 19.1. The van der Waals surface area contributed by atoms with Crippen LogP contribution in [0.2, 0.25) is 0 Å². The minimum Gasteiger partial charge on any atom is -0.282 e. The number of hydrogen-bond acceptors (Lipinski definition) is 5. The molecule has 2 rings (SSSR count). The Labute approximate surface area is 146 Å². The molecule has 0 aliphatic rings. The molecule has 1 heterocycles. The summed E-state index contributed by atoms with van der Waals surface area (Å²) in [6, 6.07) is 3.65. The molecular formula is C13H13F3N4O3S2. The first-order valence-electron chi connectivity index (χ1n) is 6.87. The molecule has 0 fully saturated rings. The van der Waals surface area contributed by atoms with Crippen LogP contribution in [0.25, 0.3) is 0 Å². The van der Waals surface area contributed by atoms with Crippen molar-refractivity contribution in [2.45, 2.75) is 24.4 Å². The Morgan fingerprint density at radius 3 is 2.44 bits per heavy atom. The lowest BCUT2D eigenvalue weighted by Gasteiger charge is -2.14. The number of nitrogens with one attached hydrogen (secondary N) is 1. The van der Waals surface area contributed by atoms with Crippen LogP contribution in [0.5, 0.6) is 0 Å². The van der Waals surface area contributed by atoms with Gasteiger partial charge in [-0.1, -0.05) is 19.1 Å². The third kappa shape index (κ3) is 3.74. The predicted molar refractivity (Wildman–Crippen MR) is 86.6 cm³/mol. The topological polar surface area (TPSA) is 86.0 Å². The van der Waals surface area contributed by atoms with Crippen LogP contribution in [0.4, 0.5) is 13.2 Å². The molecule has 25 heavy (non-hydrogen) atoms. The van der Waals surface area contributed by atoms with Gasteiger partial charge in [0, 0.05) is 13.5 Å². The summed E-state index contributed by atoms with van der Waals surface area (Å²) in [5.41, 5.74) is -2.05. The molecular weight excluding hydrogens is 381 g/mol. The summed E-state index contributed by atoms with van der Waals surface area (Å²) >= 11 is 4.83. The Kier molecular flexibility index (Phi) is 5.04. The summed E-state index contributed by atoms with van der Waals surface area (Å²) in [6.07, 6.45) is -4.49. The fraction of sp³-hybridized carbons (Fsp3) is 0.308. The third-order valence-corrected chi connectivity index (χ3v) is 5.08. The molecule has 0 bridgehead atoms. The van der Waals surface area contributed by atoms with Gasteiger partial charge in [0.2, 0.25) is 5.11 Å². The fourth-order valence-corrected chi connectivity index (χ4v) is 3.67. The lowest BCUT2D eigenvalue weighted by atomic mass is 10.2. The number of benzene rings is 1. The van der Waals surface area contributed by atoms with Crippen molar-refractivity contribution in [2.24, 2.45) is 7.05 Å². The van der Waals surface area contributed by atoms with Gasteiger partial charge in [0.15, 0.2) is 0 Å². The van der Waals surface area contributed by atoms with Gasteiger partial charge >= 0.3 is 11.9 Å². The van der Waals surface area contributed by atoms with Gasteiger partial charge in [-0.05, 0) is 24.4 Å². The highest BCUT2D eigenvalue weighted by Gasteiger charge is 2.37. The van der Waals surface area contributed by atoms with Crippen LogP contribution in [0.3, 0.4) is 0 Å². The highest BCUT2D eigenvalue weighted by molar-refractivity contribution is 7.92. The number of alkyl halides is 3. The van der Waals surface area contributed by atoms with Crippen LogP contribution in [0.1, 0.15) is 18.3 Å². The molecule has 1 aromatic carbocycles. The van der Waals surface area contributed by atoms with Crippen molar-refractivity contribution < 1.29 is 21.6 Å². The van der Waals surface area contributed by atoms with E-state index in [1.807, 2.05) is 0 Å². The van der Waals surface area contributed by atoms with Crippen LogP contribution >= 0.6 is 12.2 Å². The lowest BCUT2D eigenvalue weighted by Crippen LogP contribution is -2.40. The average Bonchev–Trinajstić information content (AvgIpc) is 2.81. The fourth-order valence-electron chi connectivity index (χ4n) is 2.07. The molecule has 0 saturated carbocycles. The maximum absolute atomic E-state index is 13.0. The Morgan fingerprint density at radius 1 is 1.32 bits per heavy atom. The van der Waals surface area contributed by atoms with E-state index < -0.39 is 37.5 Å². The van der Waals surface area contributed by atoms with E-state index >= 15 is 0 Å². The molecule has 0 amide bonds. The molecule has 12 heteroatoms. The molecule has 136 valence electrons. The van der Waals surface area contributed by atoms with Gasteiger partial charge in [0.25, 0.3) is 10.0 Å². The normalized spacial score (nSPS) is 12.2. The van der Waals surface area contributed by atoms with E-state index in [1.165, 1.54) is 7.05 Å². The van der Waals surface area contributed by atoms with E-state index in [-0.39, 0.29) is 0 Å². The van der Waals surface area contributed by atoms with Crippen molar-refractivity contribution >= 4 is 27.4 Å². The van der Waals surface area contributed by atoms with Gasteiger partial charge < -0.3 is 0 Å². The van der Waals surface area contributed by atoms with Crippen LogP contribution in [-0.2, 0) is 29.7 Å². The van der Waals surface area contributed by atoms with Crippen molar-refractivity contribution in [1.82, 2.24) is 19.1 Å². The average molecular weight is 394 g/mol. The zero-order valence-electron chi connectivity index (χ0n) is 13.0. The van der Waals surface area contributed by atoms with Gasteiger partial charge in [-0.25, -0.2) is 13.2 Å². The van der Waals surface area contributed by atoms with Crippen molar-refractivity contribution in [3.8, 4) is 0 Å². The largest absolute Gasteiger partial charge is 0.417 e. The predicted octanol–water partition coefficient (Wildman–Crippen LogP) is 1.27. The first-order chi connectivity index (χ1) is 11.5. The molecule has 7 nitrogen and oxygen atoms in total. The second-order valence-corrected chi connectivity index (χ2v) is 6.97. The zero-order chi connectivity index (χ0) is 19.0. The molecule has 0 radical (unpaired) electrons. The van der Waals surface area contributed by atoms with Crippen molar-refractivity contribution in [2.75, 3.05) is 0 Å². The Morgan fingerprint density at radius 2 is 1.92 bits per heavy atom. The maximum atomic E-state index is 13.0. The van der Waals surface area contributed by atoms with Gasteiger partial charge in [-0.2, -0.15) is 17.9 Å². The minimum atomic E-state index is -4.87. The van der Waals surface area contributed by atoms with E-state index in [0.29, 0.717) is 23.0 Å². The number of aryl methyl sites for hydroxylation is 1. The minimum absolute atomic E-state index is 0.335. The standard InChI is InChI=1S/C13H13F3N4O3S2/c1-3-10-17-20(12(21)19(10)2)11(24)18-25(22,23)9-7-5-4-6-8(9)13(14,15)16/h4-7H,3H2,1-2H3,(H,18,24). The Hall–Kier alpha value is -2.21. The molecule has 0 atom stereocenters. The Balaban J connectivity index is 2.44. The van der Waals surface area contributed by atoms with Gasteiger partial charge in [0.1, 0.15) is 5.82 Å². The Bertz CT molecular complexity index is 977. The van der Waals surface area contributed by atoms with Crippen molar-refractivity contribution in [3.63, 3.8) is 0 Å². The molecule has 1 N–H and O–H groups in total. The molecule has 1 aromatic heterocycles. The zero-order valence-corrected chi connectivity index (χ0v) is 14.7. The summed E-state index contributed by atoms with van der Waals surface area (Å²) in [5.74, 6) is 0.335. The number of thiocarbonyl (C=S) groups is 1. The number of rotatable bonds is 3. The number of hydrogen-bond donors (Lipinski definition) is 1. The number of aromatic nitrogens is 3. The van der Waals surface area contributed by atoms with E-state index in [9.17, 15) is 26.4 Å². The van der Waals surface area contributed by atoms with E-state index in [4.69, 9.17) is 12.2 Å². The van der Waals surface area contributed by atoms with Crippen LogP contribution in [0.15, 0.2) is 34.0 Å². The summed E-state index contributed by atoms with van der Waals surface area (Å²) in [6.45, 7) is 1.72. The van der Waals surface area contributed by atoms with E-state index in [2.05, 4.69) is 5.10 Å². The summed E-state index contributed by atoms with van der Waals surface area (Å²) in [7, 11) is -3.25. The quantitative estimate of drug-likeness (QED) is 0.793. The molecule has 0 aliphatic heterocycles. The number of sulfonamides is 1. The van der Waals surface area contributed by atoms with E-state index in [0.717, 1.165) is 22.8 Å². The number of halogens is 3. The molecule has 0 unspecified atom stereocenters. The van der Waals surface area contributed by atoms with Crippen molar-refractivity contribution in [1.29, 1.82) is 0 Å². The van der Waals surface area contributed by atoms with Crippen LogP contribution in [0, 0.1) is 0 Å². The second kappa shape index (κ2) is 6.59. The van der Waals surface area contributed by atoms with Gasteiger partial charge in [0.05, 0.1) is 10.5 Å². The highest BCUT2D eigenvalue weighted by atomic mass is 32.2. The molecule has 0 spiro atoms. The SMILES string of the molecule is CCc1nn(C(=S)NS(=O)(=O)c2ccccc2C(F)(F)F)c(=O)n1C. The molecule has 0 aliphatic carbocycles. The highest BCUT2D eigenvalue weighted by Crippen LogP contribution is 2.33. The van der Waals surface area contributed by atoms with Gasteiger partial charge in [-0.3, -0.25) is 9.29 Å².